The topological polar surface area (TPSA) is 79.9 Å². The van der Waals surface area contributed by atoms with Gasteiger partial charge in [-0.3, -0.25) is 5.01 Å². The number of hydrogen-bond donors (Lipinski definition) is 2. The summed E-state index contributed by atoms with van der Waals surface area (Å²) >= 11 is 6.08. The molecule has 22 heavy (non-hydrogen) atoms. The highest BCUT2D eigenvalue weighted by atomic mass is 35.5. The van der Waals surface area contributed by atoms with Crippen molar-refractivity contribution in [2.45, 2.75) is 42.7 Å². The number of esters is 1. The van der Waals surface area contributed by atoms with Gasteiger partial charge in [-0.1, -0.05) is 5.92 Å². The van der Waals surface area contributed by atoms with Gasteiger partial charge >= 0.3 is 12.0 Å². The van der Waals surface area contributed by atoms with Crippen LogP contribution in [0.3, 0.4) is 0 Å². The third-order valence-corrected chi connectivity index (χ3v) is 4.11. The van der Waals surface area contributed by atoms with Crippen LogP contribution < -0.4 is 10.7 Å². The van der Waals surface area contributed by atoms with E-state index in [4.69, 9.17) is 22.8 Å². The van der Waals surface area contributed by atoms with Gasteiger partial charge in [0.1, 0.15) is 12.8 Å². The predicted molar refractivity (Wildman–Crippen MR) is 75.4 cm³/mol. The number of nitrogens with zero attached hydrogens (tertiary/aromatic N) is 1. The summed E-state index contributed by atoms with van der Waals surface area (Å²) in [6.45, 7) is 0.0575. The molecular weight excluding hydrogens is 317 g/mol. The number of alkyl halides is 2. The van der Waals surface area contributed by atoms with Crippen molar-refractivity contribution in [1.29, 1.82) is 0 Å². The van der Waals surface area contributed by atoms with Crippen molar-refractivity contribution < 1.29 is 23.5 Å². The van der Waals surface area contributed by atoms with Crippen LogP contribution in [0.25, 0.3) is 0 Å². The molecule has 2 aliphatic rings. The molecule has 2 fully saturated rings. The van der Waals surface area contributed by atoms with Gasteiger partial charge in [0, 0.05) is 0 Å². The van der Waals surface area contributed by atoms with E-state index in [0.717, 1.165) is 5.01 Å². The summed E-state index contributed by atoms with van der Waals surface area (Å²) in [5, 5.41) is 2.90. The number of methoxy groups -OCH3 is 1. The fourth-order valence-electron chi connectivity index (χ4n) is 2.55. The second-order valence-corrected chi connectivity index (χ2v) is 5.59. The summed E-state index contributed by atoms with van der Waals surface area (Å²) in [5.74, 6) is 1.66. The Balaban J connectivity index is 2.05. The maximum Gasteiger partial charge on any atom is 0.345 e. The van der Waals surface area contributed by atoms with E-state index in [0.29, 0.717) is 0 Å². The van der Waals surface area contributed by atoms with Crippen molar-refractivity contribution in [3.05, 3.63) is 0 Å². The number of hydrazine groups is 1. The van der Waals surface area contributed by atoms with E-state index in [1.165, 1.54) is 7.11 Å². The minimum Gasteiger partial charge on any atom is -0.466 e. The molecule has 2 rings (SSSR count). The first-order valence-corrected chi connectivity index (χ1v) is 7.18. The maximum absolute atomic E-state index is 14.3. The van der Waals surface area contributed by atoms with Crippen LogP contribution in [0, 0.1) is 12.3 Å². The van der Waals surface area contributed by atoms with Gasteiger partial charge in [-0.2, -0.15) is 5.43 Å². The van der Waals surface area contributed by atoms with Crippen molar-refractivity contribution >= 4 is 23.6 Å². The maximum atomic E-state index is 14.3. The smallest absolute Gasteiger partial charge is 0.345 e. The van der Waals surface area contributed by atoms with E-state index < -0.39 is 41.9 Å². The average molecular weight is 334 g/mol. The van der Waals surface area contributed by atoms with Crippen LogP contribution in [0.15, 0.2) is 0 Å². The molecule has 1 aliphatic carbocycles. The minimum atomic E-state index is -1.34. The van der Waals surface area contributed by atoms with Crippen LogP contribution in [-0.4, -0.2) is 60.6 Å². The molecule has 2 N–H and O–H groups in total. The molecule has 1 saturated carbocycles. The molecular formula is C13H17ClFN3O4. The van der Waals surface area contributed by atoms with Crippen molar-refractivity contribution in [2.24, 2.45) is 0 Å². The quantitative estimate of drug-likeness (QED) is 0.435. The summed E-state index contributed by atoms with van der Waals surface area (Å²) in [7, 11) is 1.19. The molecule has 1 heterocycles. The number of carbonyl (C=O) groups is 2. The van der Waals surface area contributed by atoms with Crippen molar-refractivity contribution in [3.63, 3.8) is 0 Å². The van der Waals surface area contributed by atoms with E-state index in [-0.39, 0.29) is 19.4 Å². The highest BCUT2D eigenvalue weighted by Gasteiger charge is 2.46. The molecule has 1 saturated heterocycles. The van der Waals surface area contributed by atoms with Crippen molar-refractivity contribution in [1.82, 2.24) is 15.8 Å². The number of halogens is 2. The SMILES string of the molecule is C#CCOC1CC(N2NC(C(=O)OC)NC2=O)C(F)CC1Cl. The highest BCUT2D eigenvalue weighted by Crippen LogP contribution is 2.31. The van der Waals surface area contributed by atoms with E-state index >= 15 is 0 Å². The van der Waals surface area contributed by atoms with Gasteiger partial charge in [0.05, 0.1) is 24.6 Å². The Morgan fingerprint density at radius 2 is 2.32 bits per heavy atom. The summed E-state index contributed by atoms with van der Waals surface area (Å²) in [5.41, 5.74) is 2.60. The van der Waals surface area contributed by atoms with Crippen LogP contribution in [0.4, 0.5) is 9.18 Å². The van der Waals surface area contributed by atoms with Crippen LogP contribution in [0.1, 0.15) is 12.8 Å². The van der Waals surface area contributed by atoms with E-state index in [1.807, 2.05) is 0 Å². The van der Waals surface area contributed by atoms with Crippen LogP contribution in [0.2, 0.25) is 0 Å². The predicted octanol–water partition coefficient (Wildman–Crippen LogP) is 0.142. The first-order chi connectivity index (χ1) is 10.5. The summed E-state index contributed by atoms with van der Waals surface area (Å²) in [6, 6.07) is -1.42. The van der Waals surface area contributed by atoms with E-state index in [1.54, 1.807) is 0 Å². The fourth-order valence-corrected chi connectivity index (χ4v) is 2.90. The van der Waals surface area contributed by atoms with E-state index in [9.17, 15) is 14.0 Å². The lowest BCUT2D eigenvalue weighted by Crippen LogP contribution is -2.55. The Morgan fingerprint density at radius 1 is 1.59 bits per heavy atom. The Morgan fingerprint density at radius 3 is 2.95 bits per heavy atom. The zero-order chi connectivity index (χ0) is 16.3. The molecule has 5 unspecified atom stereocenters. The largest absolute Gasteiger partial charge is 0.466 e. The van der Waals surface area contributed by atoms with Crippen LogP contribution in [0.5, 0.6) is 0 Å². The zero-order valence-electron chi connectivity index (χ0n) is 11.9. The standard InChI is InChI=1S/C13H17ClFN3O4/c1-3-4-22-10-6-9(8(15)5-7(10)14)18-13(20)16-11(17-18)12(19)21-2/h1,7-11,17H,4-6H2,2H3,(H,16,20). The second kappa shape index (κ2) is 7.13. The number of nitrogens with one attached hydrogen (secondary N) is 2. The van der Waals surface area contributed by atoms with Gasteiger partial charge < -0.3 is 14.8 Å². The summed E-state index contributed by atoms with van der Waals surface area (Å²) in [4.78, 5) is 23.4. The van der Waals surface area contributed by atoms with Crippen LogP contribution >= 0.6 is 11.6 Å². The van der Waals surface area contributed by atoms with Gasteiger partial charge in [0.15, 0.2) is 6.17 Å². The van der Waals surface area contributed by atoms with Crippen molar-refractivity contribution in [3.8, 4) is 12.3 Å². The van der Waals surface area contributed by atoms with E-state index in [2.05, 4.69) is 21.4 Å². The number of ether oxygens (including phenoxy) is 2. The number of rotatable bonds is 4. The molecule has 0 aromatic rings. The van der Waals surface area contributed by atoms with Gasteiger partial charge in [-0.05, 0) is 12.8 Å². The van der Waals surface area contributed by atoms with Gasteiger partial charge in [-0.15, -0.1) is 18.0 Å². The zero-order valence-corrected chi connectivity index (χ0v) is 12.7. The lowest BCUT2D eigenvalue weighted by Gasteiger charge is -2.38. The number of urea groups is 1. The lowest BCUT2D eigenvalue weighted by molar-refractivity contribution is -0.144. The summed E-state index contributed by atoms with van der Waals surface area (Å²) < 4.78 is 24.2. The number of amides is 2. The lowest BCUT2D eigenvalue weighted by atomic mass is 9.90. The highest BCUT2D eigenvalue weighted by molar-refractivity contribution is 6.21. The molecule has 2 amide bonds. The molecule has 0 radical (unpaired) electrons. The normalized spacial score (nSPS) is 34.9. The molecule has 0 aromatic carbocycles. The summed E-state index contributed by atoms with van der Waals surface area (Å²) in [6.07, 6.45) is 2.48. The Hall–Kier alpha value is -1.56. The third kappa shape index (κ3) is 3.43. The molecule has 122 valence electrons. The van der Waals surface area contributed by atoms with Crippen molar-refractivity contribution in [2.75, 3.05) is 13.7 Å². The minimum absolute atomic E-state index is 0.0236. The molecule has 9 heteroatoms. The molecule has 0 bridgehead atoms. The van der Waals surface area contributed by atoms with Gasteiger partial charge in [0.25, 0.3) is 0 Å². The number of hydrogen-bond acceptors (Lipinski definition) is 5. The first kappa shape index (κ1) is 16.8. The Bertz CT molecular complexity index is 486. The molecule has 5 atom stereocenters. The molecule has 7 nitrogen and oxygen atoms in total. The van der Waals surface area contributed by atoms with Crippen LogP contribution in [-0.2, 0) is 14.3 Å². The first-order valence-electron chi connectivity index (χ1n) is 6.74. The Kier molecular flexibility index (Phi) is 5.45. The van der Waals surface area contributed by atoms with Gasteiger partial charge in [0.2, 0.25) is 0 Å². The number of terminal acetylenes is 1. The Labute approximate surface area is 132 Å². The molecule has 0 spiro atoms. The molecule has 0 aromatic heterocycles. The molecule has 1 aliphatic heterocycles. The fraction of sp³-hybridized carbons (Fsp3) is 0.692. The monoisotopic (exact) mass is 333 g/mol. The third-order valence-electron chi connectivity index (χ3n) is 3.65. The number of carbonyl (C=O) groups excluding carboxylic acids is 2. The second-order valence-electron chi connectivity index (χ2n) is 5.03. The average Bonchev–Trinajstić information content (AvgIpc) is 2.87. The van der Waals surface area contributed by atoms with Gasteiger partial charge in [-0.25, -0.2) is 14.0 Å².